The fourth-order valence-corrected chi connectivity index (χ4v) is 1.13. The van der Waals surface area contributed by atoms with Gasteiger partial charge in [-0.2, -0.15) is 0 Å². The maximum Gasteiger partial charge on any atom is 0.321 e. The van der Waals surface area contributed by atoms with Crippen LogP contribution >= 0.6 is 0 Å². The second-order valence-electron chi connectivity index (χ2n) is 3.21. The van der Waals surface area contributed by atoms with Crippen LogP contribution in [0, 0.1) is 0 Å². The molecule has 1 aromatic rings. The van der Waals surface area contributed by atoms with Gasteiger partial charge < -0.3 is 9.57 Å². The Hall–Kier alpha value is -1.55. The van der Waals surface area contributed by atoms with E-state index in [2.05, 4.69) is 5.48 Å². The first-order valence-corrected chi connectivity index (χ1v) is 4.70. The average molecular weight is 209 g/mol. The van der Waals surface area contributed by atoms with Gasteiger partial charge in [0.25, 0.3) is 0 Å². The molecule has 15 heavy (non-hydrogen) atoms. The largest absolute Gasteiger partial charge is 0.497 e. The van der Waals surface area contributed by atoms with Crippen molar-refractivity contribution in [2.75, 3.05) is 7.11 Å². The lowest BCUT2D eigenvalue weighted by Gasteiger charge is -2.13. The maximum atomic E-state index is 10.6. The van der Waals surface area contributed by atoms with Gasteiger partial charge in [-0.3, -0.25) is 4.79 Å². The number of nitrogens with one attached hydrogen (secondary N) is 1. The number of rotatable bonds is 4. The number of carbonyl (C=O) groups excluding carboxylic acids is 1. The van der Waals surface area contributed by atoms with Crippen molar-refractivity contribution in [1.82, 2.24) is 5.48 Å². The first-order chi connectivity index (χ1) is 7.13. The topological polar surface area (TPSA) is 47.6 Å². The van der Waals surface area contributed by atoms with Crippen LogP contribution in [0.1, 0.15) is 25.5 Å². The molecule has 1 N–H and O–H groups in total. The van der Waals surface area contributed by atoms with Gasteiger partial charge in [-0.1, -0.05) is 12.1 Å². The Bertz CT molecular complexity index is 321. The van der Waals surface area contributed by atoms with Crippen LogP contribution < -0.4 is 10.2 Å². The molecule has 0 radical (unpaired) electrons. The van der Waals surface area contributed by atoms with E-state index in [0.29, 0.717) is 0 Å². The van der Waals surface area contributed by atoms with E-state index < -0.39 is 0 Å². The van der Waals surface area contributed by atoms with Crippen molar-refractivity contribution in [2.45, 2.75) is 19.9 Å². The number of methoxy groups -OCH3 is 1. The van der Waals surface area contributed by atoms with E-state index in [9.17, 15) is 4.79 Å². The zero-order valence-corrected chi connectivity index (χ0v) is 9.11. The predicted octanol–water partition coefficient (Wildman–Crippen LogP) is 1.82. The molecule has 0 heterocycles. The number of hydrogen-bond donors (Lipinski definition) is 1. The van der Waals surface area contributed by atoms with Gasteiger partial charge in [-0.05, 0) is 24.6 Å². The van der Waals surface area contributed by atoms with E-state index in [1.165, 1.54) is 6.92 Å². The predicted molar refractivity (Wildman–Crippen MR) is 56.3 cm³/mol. The monoisotopic (exact) mass is 209 g/mol. The second kappa shape index (κ2) is 5.36. The SMILES string of the molecule is COc1ccc(C(C)NOC(C)=O)cc1. The molecule has 0 fully saturated rings. The molecule has 0 amide bonds. The summed E-state index contributed by atoms with van der Waals surface area (Å²) in [6.45, 7) is 3.26. The smallest absolute Gasteiger partial charge is 0.321 e. The second-order valence-corrected chi connectivity index (χ2v) is 3.21. The summed E-state index contributed by atoms with van der Waals surface area (Å²) >= 11 is 0. The van der Waals surface area contributed by atoms with E-state index in [1.54, 1.807) is 7.11 Å². The van der Waals surface area contributed by atoms with Gasteiger partial charge in [0.1, 0.15) is 5.75 Å². The molecule has 0 aliphatic carbocycles. The van der Waals surface area contributed by atoms with Gasteiger partial charge in [-0.25, -0.2) is 0 Å². The Morgan fingerprint density at radius 3 is 2.40 bits per heavy atom. The quantitative estimate of drug-likeness (QED) is 0.768. The van der Waals surface area contributed by atoms with E-state index in [1.807, 2.05) is 31.2 Å². The molecule has 1 rings (SSSR count). The summed E-state index contributed by atoms with van der Waals surface area (Å²) in [6, 6.07) is 7.52. The highest BCUT2D eigenvalue weighted by molar-refractivity contribution is 5.65. The first kappa shape index (κ1) is 11.5. The lowest BCUT2D eigenvalue weighted by Crippen LogP contribution is -2.21. The highest BCUT2D eigenvalue weighted by atomic mass is 16.7. The van der Waals surface area contributed by atoms with Crippen LogP contribution in [-0.4, -0.2) is 13.1 Å². The molecule has 0 spiro atoms. The Kier molecular flexibility index (Phi) is 4.12. The third-order valence-corrected chi connectivity index (χ3v) is 2.00. The fraction of sp³-hybridized carbons (Fsp3) is 0.364. The molecular formula is C11H15NO3. The van der Waals surface area contributed by atoms with Crippen molar-refractivity contribution in [3.05, 3.63) is 29.8 Å². The molecule has 1 aromatic carbocycles. The van der Waals surface area contributed by atoms with Crippen molar-refractivity contribution >= 4 is 5.97 Å². The Morgan fingerprint density at radius 2 is 1.93 bits per heavy atom. The van der Waals surface area contributed by atoms with Gasteiger partial charge in [0.15, 0.2) is 0 Å². The van der Waals surface area contributed by atoms with Crippen molar-refractivity contribution < 1.29 is 14.4 Å². The zero-order chi connectivity index (χ0) is 11.3. The van der Waals surface area contributed by atoms with E-state index in [-0.39, 0.29) is 12.0 Å². The third kappa shape index (κ3) is 3.59. The summed E-state index contributed by atoms with van der Waals surface area (Å²) in [7, 11) is 1.62. The van der Waals surface area contributed by atoms with Crippen molar-refractivity contribution in [3.63, 3.8) is 0 Å². The molecule has 82 valence electrons. The van der Waals surface area contributed by atoms with E-state index in [4.69, 9.17) is 9.57 Å². The highest BCUT2D eigenvalue weighted by Crippen LogP contribution is 2.16. The summed E-state index contributed by atoms with van der Waals surface area (Å²) in [4.78, 5) is 15.3. The Morgan fingerprint density at radius 1 is 1.33 bits per heavy atom. The first-order valence-electron chi connectivity index (χ1n) is 4.70. The van der Waals surface area contributed by atoms with Crippen LogP contribution in [0.25, 0.3) is 0 Å². The molecule has 4 heteroatoms. The Balaban J connectivity index is 2.57. The molecule has 0 aliphatic rings. The Labute approximate surface area is 89.1 Å². The fourth-order valence-electron chi connectivity index (χ4n) is 1.13. The lowest BCUT2D eigenvalue weighted by atomic mass is 10.1. The van der Waals surface area contributed by atoms with E-state index in [0.717, 1.165) is 11.3 Å². The van der Waals surface area contributed by atoms with Gasteiger partial charge in [0.05, 0.1) is 13.2 Å². The summed E-state index contributed by atoms with van der Waals surface area (Å²) in [5, 5.41) is 0. The number of carbonyl (C=O) groups is 1. The van der Waals surface area contributed by atoms with Crippen LogP contribution in [0.4, 0.5) is 0 Å². The molecule has 4 nitrogen and oxygen atoms in total. The van der Waals surface area contributed by atoms with Crippen molar-refractivity contribution in [3.8, 4) is 5.75 Å². The van der Waals surface area contributed by atoms with Gasteiger partial charge in [0.2, 0.25) is 0 Å². The third-order valence-electron chi connectivity index (χ3n) is 2.00. The average Bonchev–Trinajstić information content (AvgIpc) is 2.26. The number of hydrogen-bond acceptors (Lipinski definition) is 4. The molecule has 1 atom stereocenters. The minimum atomic E-state index is -0.352. The lowest BCUT2D eigenvalue weighted by molar-refractivity contribution is -0.150. The van der Waals surface area contributed by atoms with Crippen molar-refractivity contribution in [2.24, 2.45) is 0 Å². The molecule has 0 saturated carbocycles. The summed E-state index contributed by atoms with van der Waals surface area (Å²) < 4.78 is 5.04. The molecular weight excluding hydrogens is 194 g/mol. The summed E-state index contributed by atoms with van der Waals surface area (Å²) in [6.07, 6.45) is 0. The minimum absolute atomic E-state index is 0.0418. The van der Waals surface area contributed by atoms with Crippen LogP contribution in [0.5, 0.6) is 5.75 Å². The summed E-state index contributed by atoms with van der Waals surface area (Å²) in [5.74, 6) is 0.453. The van der Waals surface area contributed by atoms with Crippen LogP contribution in [-0.2, 0) is 9.63 Å². The standard InChI is InChI=1S/C11H15NO3/c1-8(12-15-9(2)13)10-4-6-11(14-3)7-5-10/h4-8,12H,1-3H3. The molecule has 1 unspecified atom stereocenters. The normalized spacial score (nSPS) is 11.9. The number of ether oxygens (including phenoxy) is 1. The highest BCUT2D eigenvalue weighted by Gasteiger charge is 2.06. The van der Waals surface area contributed by atoms with Gasteiger partial charge in [0, 0.05) is 6.92 Å². The summed E-state index contributed by atoms with van der Waals surface area (Å²) in [5.41, 5.74) is 3.67. The number of hydroxylamine groups is 1. The zero-order valence-electron chi connectivity index (χ0n) is 9.11. The van der Waals surface area contributed by atoms with Crippen LogP contribution in [0.3, 0.4) is 0 Å². The molecule has 0 aliphatic heterocycles. The molecule has 0 saturated heterocycles. The van der Waals surface area contributed by atoms with Crippen molar-refractivity contribution in [1.29, 1.82) is 0 Å². The van der Waals surface area contributed by atoms with E-state index >= 15 is 0 Å². The van der Waals surface area contributed by atoms with Gasteiger partial charge >= 0.3 is 5.97 Å². The number of benzene rings is 1. The molecule has 0 aromatic heterocycles. The maximum absolute atomic E-state index is 10.6. The van der Waals surface area contributed by atoms with Gasteiger partial charge in [-0.15, -0.1) is 5.48 Å². The molecule has 0 bridgehead atoms. The van der Waals surface area contributed by atoms with Crippen LogP contribution in [0.2, 0.25) is 0 Å². The van der Waals surface area contributed by atoms with Crippen LogP contribution in [0.15, 0.2) is 24.3 Å². The minimum Gasteiger partial charge on any atom is -0.497 e.